The molecule has 0 aliphatic carbocycles. The molecule has 2 aromatic carbocycles. The lowest BCUT2D eigenvalue weighted by Gasteiger charge is -2.22. The summed E-state index contributed by atoms with van der Waals surface area (Å²) in [4.78, 5) is 44.7. The van der Waals surface area contributed by atoms with E-state index in [2.05, 4.69) is 21.4 Å². The van der Waals surface area contributed by atoms with Gasteiger partial charge >= 0.3 is 6.18 Å². The largest absolute Gasteiger partial charge is 1.00 e. The maximum Gasteiger partial charge on any atom is 0.416 e. The summed E-state index contributed by atoms with van der Waals surface area (Å²) in [5.74, 6) is -1.47. The van der Waals surface area contributed by atoms with Gasteiger partial charge in [0.1, 0.15) is 12.1 Å². The van der Waals surface area contributed by atoms with Crippen molar-refractivity contribution in [3.63, 3.8) is 0 Å². The lowest BCUT2D eigenvalue weighted by Crippen LogP contribution is -3.00. The van der Waals surface area contributed by atoms with Gasteiger partial charge in [-0.1, -0.05) is 30.3 Å². The highest BCUT2D eigenvalue weighted by Crippen LogP contribution is 2.29. The molecule has 10 nitrogen and oxygen atoms in total. The predicted molar refractivity (Wildman–Crippen MR) is 146 cm³/mol. The van der Waals surface area contributed by atoms with Crippen molar-refractivity contribution >= 4 is 34.3 Å². The van der Waals surface area contributed by atoms with Crippen LogP contribution in [-0.2, 0) is 27.0 Å². The first-order valence-corrected chi connectivity index (χ1v) is 13.1. The van der Waals surface area contributed by atoms with Crippen LogP contribution in [0.25, 0.3) is 10.9 Å². The van der Waals surface area contributed by atoms with Gasteiger partial charge in [0.2, 0.25) is 17.7 Å². The van der Waals surface area contributed by atoms with E-state index in [0.29, 0.717) is 24.3 Å². The zero-order valence-corrected chi connectivity index (χ0v) is 26.8. The Kier molecular flexibility index (Phi) is 17.1. The third-order valence-electron chi connectivity index (χ3n) is 7.06. The Bertz CT molecular complexity index is 1410. The summed E-state index contributed by atoms with van der Waals surface area (Å²) in [6.07, 6.45) is -3.10. The highest BCUT2D eigenvalue weighted by atomic mass is 35.5. The number of alkyl halides is 3. The minimum absolute atomic E-state index is 0. The number of halogens is 7. The van der Waals surface area contributed by atoms with Crippen LogP contribution in [0.5, 0.6) is 0 Å². The first-order chi connectivity index (χ1) is 19.4. The zero-order chi connectivity index (χ0) is 29.7. The average Bonchev–Trinajstić information content (AvgIpc) is 3.28. The Hall–Kier alpha value is -2.91. The lowest BCUT2D eigenvalue weighted by atomic mass is 10.0. The summed E-state index contributed by atoms with van der Waals surface area (Å²) in [5, 5.41) is 6.10. The number of benzene rings is 2. The van der Waals surface area contributed by atoms with Gasteiger partial charge in [0.25, 0.3) is 0 Å². The fourth-order valence-corrected chi connectivity index (χ4v) is 4.59. The van der Waals surface area contributed by atoms with E-state index in [-0.39, 0.29) is 86.9 Å². The van der Waals surface area contributed by atoms with Crippen molar-refractivity contribution in [2.75, 3.05) is 18.4 Å². The number of pyridine rings is 1. The number of nitrogens with two attached hydrogens (primary N) is 2. The molecular weight excluding hydrogens is 681 g/mol. The molecule has 2 heterocycles. The first kappa shape index (κ1) is 42.1. The molecule has 1 aliphatic rings. The van der Waals surface area contributed by atoms with Gasteiger partial charge in [0.15, 0.2) is 0 Å². The van der Waals surface area contributed by atoms with Crippen molar-refractivity contribution in [3.05, 3.63) is 71.9 Å². The third kappa shape index (κ3) is 11.4. The highest BCUT2D eigenvalue weighted by molar-refractivity contribution is 5.99. The van der Waals surface area contributed by atoms with Crippen LogP contribution < -0.4 is 77.5 Å². The molecule has 1 aromatic heterocycles. The number of carbonyl (C=O) groups excluding carboxylic acids is 3. The maximum atomic E-state index is 13.3. The van der Waals surface area contributed by atoms with Gasteiger partial charge < -0.3 is 82.4 Å². The topological polar surface area (TPSA) is 171 Å². The van der Waals surface area contributed by atoms with E-state index in [1.807, 2.05) is 24.3 Å². The molecule has 1 aliphatic heterocycles. The molecule has 250 valence electrons. The van der Waals surface area contributed by atoms with Crippen molar-refractivity contribution in [1.82, 2.24) is 15.2 Å². The SMILES string of the molecule is N[C@@H](CCC(=O)N1C[C@@H]([NH3+])[C@@H](N)C1)C(=O)N[C@H](Cc1ccc(C(F)(F)F)cc1)C(=O)Nc1cnc2ccccc2c1.[Cl-].[Cl-].[Cl-].[Cl-]. The molecule has 9 N–H and O–H groups in total. The molecule has 3 aromatic rings. The minimum atomic E-state index is -4.51. The fourth-order valence-electron chi connectivity index (χ4n) is 4.59. The van der Waals surface area contributed by atoms with E-state index < -0.39 is 35.6 Å². The van der Waals surface area contributed by atoms with Gasteiger partial charge in [-0.2, -0.15) is 13.2 Å². The predicted octanol–water partition coefficient (Wildman–Crippen LogP) is -11.2. The molecule has 0 saturated carbocycles. The van der Waals surface area contributed by atoms with E-state index >= 15 is 0 Å². The van der Waals surface area contributed by atoms with Crippen LogP contribution in [0.2, 0.25) is 0 Å². The van der Waals surface area contributed by atoms with Gasteiger partial charge in [0.05, 0.1) is 41.6 Å². The van der Waals surface area contributed by atoms with Crippen molar-refractivity contribution in [2.45, 2.75) is 49.6 Å². The molecular formula is C28H33Cl4F3N7O3-3. The van der Waals surface area contributed by atoms with Crippen LogP contribution in [0, 0.1) is 0 Å². The van der Waals surface area contributed by atoms with Crippen LogP contribution in [-0.4, -0.2) is 64.9 Å². The van der Waals surface area contributed by atoms with Crippen molar-refractivity contribution < 1.29 is 82.9 Å². The second kappa shape index (κ2) is 18.3. The van der Waals surface area contributed by atoms with Crippen molar-refractivity contribution in [3.8, 4) is 0 Å². The first-order valence-electron chi connectivity index (χ1n) is 13.1. The van der Waals surface area contributed by atoms with Crippen molar-refractivity contribution in [1.29, 1.82) is 0 Å². The molecule has 0 unspecified atom stereocenters. The number of fused-ring (bicyclic) bond motifs is 1. The van der Waals surface area contributed by atoms with Crippen LogP contribution in [0.1, 0.15) is 24.0 Å². The normalized spacial score (nSPS) is 17.0. The van der Waals surface area contributed by atoms with E-state index in [4.69, 9.17) is 11.5 Å². The number of amides is 3. The molecule has 0 radical (unpaired) electrons. The number of anilines is 1. The Balaban J connectivity index is 0.00000484. The summed E-state index contributed by atoms with van der Waals surface area (Å²) >= 11 is 0. The highest BCUT2D eigenvalue weighted by Gasteiger charge is 2.33. The summed E-state index contributed by atoms with van der Waals surface area (Å²) in [7, 11) is 0. The molecule has 0 spiro atoms. The number of aromatic nitrogens is 1. The summed E-state index contributed by atoms with van der Waals surface area (Å²) in [6.45, 7) is 0.813. The molecule has 1 fully saturated rings. The number of hydrogen-bond acceptors (Lipinski definition) is 6. The summed E-state index contributed by atoms with van der Waals surface area (Å²) in [6, 6.07) is 10.8. The van der Waals surface area contributed by atoms with Crippen LogP contribution in [0.3, 0.4) is 0 Å². The van der Waals surface area contributed by atoms with Gasteiger partial charge in [-0.15, -0.1) is 0 Å². The molecule has 4 rings (SSSR count). The number of hydrogen-bond donors (Lipinski definition) is 5. The molecule has 45 heavy (non-hydrogen) atoms. The molecule has 3 amide bonds. The lowest BCUT2D eigenvalue weighted by molar-refractivity contribution is -0.416. The van der Waals surface area contributed by atoms with E-state index in [0.717, 1.165) is 23.0 Å². The third-order valence-corrected chi connectivity index (χ3v) is 7.06. The number of nitrogens with zero attached hydrogens (tertiary/aromatic N) is 2. The van der Waals surface area contributed by atoms with Crippen molar-refractivity contribution in [2.24, 2.45) is 11.5 Å². The van der Waals surface area contributed by atoms with Crippen LogP contribution in [0.15, 0.2) is 60.8 Å². The van der Waals surface area contributed by atoms with Gasteiger partial charge in [0, 0.05) is 24.8 Å². The average molecular weight is 714 g/mol. The Morgan fingerprint density at radius 3 is 2.24 bits per heavy atom. The monoisotopic (exact) mass is 712 g/mol. The molecule has 17 heteroatoms. The number of carbonyl (C=O) groups is 3. The number of likely N-dealkylation sites (tertiary alicyclic amines) is 1. The van der Waals surface area contributed by atoms with E-state index in [9.17, 15) is 27.6 Å². The van der Waals surface area contributed by atoms with Crippen LogP contribution in [0.4, 0.5) is 18.9 Å². The fraction of sp³-hybridized carbons (Fsp3) is 0.357. The molecule has 0 bridgehead atoms. The molecule has 1 saturated heterocycles. The molecule has 4 atom stereocenters. The number of nitrogens with one attached hydrogen (secondary N) is 2. The smallest absolute Gasteiger partial charge is 0.416 e. The zero-order valence-electron chi connectivity index (χ0n) is 23.7. The number of rotatable bonds is 9. The van der Waals surface area contributed by atoms with Gasteiger partial charge in [-0.25, -0.2) is 0 Å². The Morgan fingerprint density at radius 2 is 1.64 bits per heavy atom. The quantitative estimate of drug-likeness (QED) is 0.148. The van der Waals surface area contributed by atoms with Gasteiger partial charge in [-0.05, 0) is 36.2 Å². The van der Waals surface area contributed by atoms with Gasteiger partial charge in [-0.3, -0.25) is 19.4 Å². The number of quaternary nitrogens is 1. The summed E-state index contributed by atoms with van der Waals surface area (Å²) < 4.78 is 39.0. The van der Waals surface area contributed by atoms with E-state index in [1.165, 1.54) is 18.3 Å². The second-order valence-corrected chi connectivity index (χ2v) is 10.2. The number of para-hydroxylation sites is 1. The van der Waals surface area contributed by atoms with Crippen LogP contribution >= 0.6 is 0 Å². The summed E-state index contributed by atoms with van der Waals surface area (Å²) in [5.41, 5.74) is 16.6. The van der Waals surface area contributed by atoms with E-state index in [1.54, 1.807) is 11.0 Å². The second-order valence-electron chi connectivity index (χ2n) is 10.2. The Labute approximate surface area is 283 Å². The Morgan fingerprint density at radius 1 is 1.00 bits per heavy atom. The maximum absolute atomic E-state index is 13.3. The standard InChI is InChI=1S/C28H32F3N7O3.4ClH/c29-28(30,31)18-7-5-16(6-8-18)11-24(27(41)36-19-12-17-3-1-2-4-23(17)35-13-19)37-26(40)20(32)9-10-25(39)38-14-21(33)22(34)15-38;;;;/h1-8,12-13,20-22,24H,9-11,14-15,32-34H2,(H,36,41)(H,37,40);4*1H/p-3/t20-,21-,22+,24+;;;;/m0..../s1. The minimum Gasteiger partial charge on any atom is -1.00 e.